The number of aliphatic hydroxyl groups excluding tert-OH is 1. The second-order valence-electron chi connectivity index (χ2n) is 3.48. The normalized spacial score (nSPS) is 12.7. The maximum Gasteiger partial charge on any atom is 0.161 e. The van der Waals surface area contributed by atoms with E-state index in [-0.39, 0.29) is 17.6 Å². The van der Waals surface area contributed by atoms with Crippen LogP contribution in [0.1, 0.15) is 18.9 Å². The van der Waals surface area contributed by atoms with Gasteiger partial charge in [-0.15, -0.1) is 0 Å². The summed E-state index contributed by atoms with van der Waals surface area (Å²) in [6.07, 6.45) is 0.323. The molecule has 1 atom stereocenters. The molecule has 0 aliphatic carbocycles. The standard InChI is InChI=1S/C11H17NO3/c1-2-9(13)7-12-6-8-4-3-5-10(14)11(8)15/h3-5,9,12-15H,2,6-7H2,1H3. The minimum atomic E-state index is -0.371. The largest absolute Gasteiger partial charge is 0.504 e. The molecular weight excluding hydrogens is 194 g/mol. The molecule has 15 heavy (non-hydrogen) atoms. The SMILES string of the molecule is CCC(O)CNCc1cccc(O)c1O. The van der Waals surface area contributed by atoms with Gasteiger partial charge in [0.05, 0.1) is 6.10 Å². The van der Waals surface area contributed by atoms with E-state index in [0.29, 0.717) is 25.1 Å². The summed E-state index contributed by atoms with van der Waals surface area (Å²) in [7, 11) is 0. The fraction of sp³-hybridized carbons (Fsp3) is 0.455. The number of rotatable bonds is 5. The zero-order valence-corrected chi connectivity index (χ0v) is 8.77. The maximum absolute atomic E-state index is 9.47. The number of benzene rings is 1. The summed E-state index contributed by atoms with van der Waals surface area (Å²) in [6.45, 7) is 2.81. The number of phenols is 2. The minimum Gasteiger partial charge on any atom is -0.504 e. The molecule has 0 spiro atoms. The molecule has 4 nitrogen and oxygen atoms in total. The fourth-order valence-corrected chi connectivity index (χ4v) is 1.24. The Balaban J connectivity index is 2.47. The summed E-state index contributed by atoms with van der Waals surface area (Å²) in [5.41, 5.74) is 0.623. The van der Waals surface area contributed by atoms with Crippen LogP contribution in [0.3, 0.4) is 0 Å². The Morgan fingerprint density at radius 2 is 2.07 bits per heavy atom. The highest BCUT2D eigenvalue weighted by Crippen LogP contribution is 2.27. The first-order valence-electron chi connectivity index (χ1n) is 5.03. The number of phenolic OH excluding ortho intramolecular Hbond substituents is 2. The van der Waals surface area contributed by atoms with Gasteiger partial charge >= 0.3 is 0 Å². The Morgan fingerprint density at radius 3 is 2.73 bits per heavy atom. The van der Waals surface area contributed by atoms with Crippen LogP contribution in [0.25, 0.3) is 0 Å². The molecule has 0 aliphatic heterocycles. The molecule has 0 aromatic heterocycles. The molecule has 4 heteroatoms. The van der Waals surface area contributed by atoms with E-state index in [1.807, 2.05) is 6.92 Å². The van der Waals surface area contributed by atoms with E-state index in [9.17, 15) is 15.3 Å². The Kier molecular flexibility index (Phi) is 4.39. The first-order valence-corrected chi connectivity index (χ1v) is 5.03. The average molecular weight is 211 g/mol. The molecule has 1 rings (SSSR count). The van der Waals surface area contributed by atoms with Crippen molar-refractivity contribution in [1.29, 1.82) is 0 Å². The topological polar surface area (TPSA) is 72.7 Å². The van der Waals surface area contributed by atoms with E-state index in [4.69, 9.17) is 0 Å². The molecule has 0 saturated heterocycles. The lowest BCUT2D eigenvalue weighted by Gasteiger charge is -2.10. The van der Waals surface area contributed by atoms with Gasteiger partial charge in [0.1, 0.15) is 0 Å². The zero-order chi connectivity index (χ0) is 11.3. The van der Waals surface area contributed by atoms with E-state index in [1.165, 1.54) is 6.07 Å². The van der Waals surface area contributed by atoms with E-state index in [0.717, 1.165) is 0 Å². The van der Waals surface area contributed by atoms with Gasteiger partial charge in [-0.1, -0.05) is 19.1 Å². The molecule has 0 saturated carbocycles. The molecule has 1 unspecified atom stereocenters. The molecule has 0 fully saturated rings. The van der Waals surface area contributed by atoms with Crippen LogP contribution in [0.15, 0.2) is 18.2 Å². The van der Waals surface area contributed by atoms with Crippen molar-refractivity contribution in [1.82, 2.24) is 5.32 Å². The molecule has 1 aromatic carbocycles. The molecule has 0 heterocycles. The summed E-state index contributed by atoms with van der Waals surface area (Å²) in [6, 6.07) is 4.82. The van der Waals surface area contributed by atoms with Crippen molar-refractivity contribution >= 4 is 0 Å². The van der Waals surface area contributed by atoms with E-state index in [1.54, 1.807) is 12.1 Å². The second-order valence-corrected chi connectivity index (χ2v) is 3.48. The van der Waals surface area contributed by atoms with E-state index in [2.05, 4.69) is 5.32 Å². The van der Waals surface area contributed by atoms with E-state index >= 15 is 0 Å². The van der Waals surface area contributed by atoms with Crippen LogP contribution in [0.5, 0.6) is 11.5 Å². The fourth-order valence-electron chi connectivity index (χ4n) is 1.24. The third kappa shape index (κ3) is 3.42. The van der Waals surface area contributed by atoms with Crippen molar-refractivity contribution in [3.05, 3.63) is 23.8 Å². The Hall–Kier alpha value is -1.26. The van der Waals surface area contributed by atoms with Crippen molar-refractivity contribution in [3.63, 3.8) is 0 Å². The molecule has 1 aromatic rings. The van der Waals surface area contributed by atoms with Crippen LogP contribution in [0.4, 0.5) is 0 Å². The van der Waals surface area contributed by atoms with Crippen LogP contribution in [-0.4, -0.2) is 28.0 Å². The summed E-state index contributed by atoms with van der Waals surface area (Å²) >= 11 is 0. The Bertz CT molecular complexity index is 315. The van der Waals surface area contributed by atoms with Crippen LogP contribution in [-0.2, 0) is 6.54 Å². The number of aromatic hydroxyl groups is 2. The first kappa shape index (κ1) is 11.8. The van der Waals surface area contributed by atoms with Crippen molar-refractivity contribution in [2.24, 2.45) is 0 Å². The van der Waals surface area contributed by atoms with Crippen LogP contribution < -0.4 is 5.32 Å². The van der Waals surface area contributed by atoms with Gasteiger partial charge in [0, 0.05) is 18.7 Å². The molecule has 0 bridgehead atoms. The molecule has 0 aliphatic rings. The Labute approximate surface area is 89.2 Å². The number of hydrogen-bond acceptors (Lipinski definition) is 4. The number of para-hydroxylation sites is 1. The van der Waals surface area contributed by atoms with Crippen molar-refractivity contribution in [3.8, 4) is 11.5 Å². The Morgan fingerprint density at radius 1 is 1.33 bits per heavy atom. The monoisotopic (exact) mass is 211 g/mol. The van der Waals surface area contributed by atoms with Gasteiger partial charge in [-0.2, -0.15) is 0 Å². The first-order chi connectivity index (χ1) is 7.15. The van der Waals surface area contributed by atoms with Crippen LogP contribution >= 0.6 is 0 Å². The van der Waals surface area contributed by atoms with Gasteiger partial charge in [-0.05, 0) is 12.5 Å². The quantitative estimate of drug-likeness (QED) is 0.547. The highest BCUT2D eigenvalue weighted by Gasteiger charge is 2.05. The van der Waals surface area contributed by atoms with E-state index < -0.39 is 0 Å². The molecule has 0 amide bonds. The number of hydrogen-bond donors (Lipinski definition) is 4. The van der Waals surface area contributed by atoms with Gasteiger partial charge in [0.25, 0.3) is 0 Å². The van der Waals surface area contributed by atoms with Crippen molar-refractivity contribution in [2.75, 3.05) is 6.54 Å². The lowest BCUT2D eigenvalue weighted by atomic mass is 10.2. The smallest absolute Gasteiger partial charge is 0.161 e. The van der Waals surface area contributed by atoms with Gasteiger partial charge in [-0.25, -0.2) is 0 Å². The maximum atomic E-state index is 9.47. The molecule has 84 valence electrons. The predicted molar refractivity (Wildman–Crippen MR) is 57.8 cm³/mol. The van der Waals surface area contributed by atoms with Crippen molar-refractivity contribution < 1.29 is 15.3 Å². The molecule has 0 radical (unpaired) electrons. The highest BCUT2D eigenvalue weighted by molar-refractivity contribution is 5.44. The highest BCUT2D eigenvalue weighted by atomic mass is 16.3. The zero-order valence-electron chi connectivity index (χ0n) is 8.77. The third-order valence-corrected chi connectivity index (χ3v) is 2.26. The number of nitrogens with one attached hydrogen (secondary N) is 1. The van der Waals surface area contributed by atoms with Crippen LogP contribution in [0.2, 0.25) is 0 Å². The predicted octanol–water partition coefficient (Wildman–Crippen LogP) is 0.958. The molecular formula is C11H17NO3. The summed E-state index contributed by atoms with van der Waals surface area (Å²) < 4.78 is 0. The third-order valence-electron chi connectivity index (χ3n) is 2.26. The number of aliphatic hydroxyl groups is 1. The van der Waals surface area contributed by atoms with Gasteiger partial charge in [0.15, 0.2) is 11.5 Å². The van der Waals surface area contributed by atoms with Crippen LogP contribution in [0, 0.1) is 0 Å². The lowest BCUT2D eigenvalue weighted by Crippen LogP contribution is -2.25. The average Bonchev–Trinajstić information content (AvgIpc) is 2.24. The molecule has 4 N–H and O–H groups in total. The van der Waals surface area contributed by atoms with Gasteiger partial charge in [-0.3, -0.25) is 0 Å². The summed E-state index contributed by atoms with van der Waals surface area (Å²) in [5, 5.41) is 31.0. The summed E-state index contributed by atoms with van der Waals surface area (Å²) in [4.78, 5) is 0. The van der Waals surface area contributed by atoms with Crippen molar-refractivity contribution in [2.45, 2.75) is 26.0 Å². The second kappa shape index (κ2) is 5.58. The minimum absolute atomic E-state index is 0.101. The summed E-state index contributed by atoms with van der Waals surface area (Å²) in [5.74, 6) is -0.221. The van der Waals surface area contributed by atoms with Gasteiger partial charge in [0.2, 0.25) is 0 Å². The lowest BCUT2D eigenvalue weighted by molar-refractivity contribution is 0.167. The van der Waals surface area contributed by atoms with Gasteiger partial charge < -0.3 is 20.6 Å².